The highest BCUT2D eigenvalue weighted by Gasteiger charge is 2.20. The molecule has 0 aliphatic heterocycles. The Morgan fingerprint density at radius 3 is 2.44 bits per heavy atom. The zero-order chi connectivity index (χ0) is 13.7. The molecule has 0 aromatic heterocycles. The lowest BCUT2D eigenvalue weighted by Gasteiger charge is -2.16. The van der Waals surface area contributed by atoms with Crippen LogP contribution in [0.25, 0.3) is 0 Å². The number of hydrogen-bond acceptors (Lipinski definition) is 2. The van der Waals surface area contributed by atoms with Crippen molar-refractivity contribution in [1.29, 1.82) is 0 Å². The molecule has 0 saturated carbocycles. The maximum Gasteiger partial charge on any atom is 0.257 e. The summed E-state index contributed by atoms with van der Waals surface area (Å²) in [5, 5.41) is 2.53. The van der Waals surface area contributed by atoms with E-state index >= 15 is 0 Å². The molecule has 0 saturated heterocycles. The highest BCUT2D eigenvalue weighted by atomic mass is 79.9. The smallest absolute Gasteiger partial charge is 0.257 e. The van der Waals surface area contributed by atoms with Gasteiger partial charge in [-0.3, -0.25) is 4.79 Å². The van der Waals surface area contributed by atoms with Gasteiger partial charge >= 0.3 is 0 Å². The van der Waals surface area contributed by atoms with Gasteiger partial charge in [0.05, 0.1) is 0 Å². The van der Waals surface area contributed by atoms with Crippen LogP contribution in [0.15, 0.2) is 16.6 Å². The summed E-state index contributed by atoms with van der Waals surface area (Å²) in [7, 11) is 0. The zero-order valence-corrected chi connectivity index (χ0v) is 11.6. The molecule has 0 spiro atoms. The molecular weight excluding hydrogens is 306 g/mol. The number of amides is 1. The maximum absolute atomic E-state index is 13.5. The number of benzene rings is 1. The van der Waals surface area contributed by atoms with Crippen LogP contribution in [0.3, 0.4) is 0 Å². The van der Waals surface area contributed by atoms with Crippen LogP contribution in [0.5, 0.6) is 0 Å². The van der Waals surface area contributed by atoms with Crippen LogP contribution in [-0.4, -0.2) is 18.5 Å². The van der Waals surface area contributed by atoms with Gasteiger partial charge in [0.25, 0.3) is 5.91 Å². The Kier molecular flexibility index (Phi) is 5.68. The lowest BCUT2D eigenvalue weighted by Crippen LogP contribution is -2.40. The van der Waals surface area contributed by atoms with Gasteiger partial charge in [0.2, 0.25) is 0 Å². The Bertz CT molecular complexity index is 417. The first-order chi connectivity index (χ1) is 8.49. The van der Waals surface area contributed by atoms with E-state index in [1.165, 1.54) is 0 Å². The van der Waals surface area contributed by atoms with E-state index in [0.29, 0.717) is 6.42 Å². The molecule has 1 amide bonds. The molecule has 1 aromatic rings. The number of hydrogen-bond donors (Lipinski definition) is 2. The highest BCUT2D eigenvalue weighted by Crippen LogP contribution is 2.19. The quantitative estimate of drug-likeness (QED) is 0.876. The third-order valence-corrected chi connectivity index (χ3v) is 2.95. The topological polar surface area (TPSA) is 55.1 Å². The van der Waals surface area contributed by atoms with Crippen molar-refractivity contribution in [2.75, 3.05) is 6.54 Å². The SMILES string of the molecule is CCCC(CN)NC(=O)c1c(F)cc(Br)cc1F. The standard InChI is InChI=1S/C12H15BrF2N2O/c1-2-3-8(6-16)17-12(18)11-9(14)4-7(13)5-10(11)15/h4-5,8H,2-3,6,16H2,1H3,(H,17,18). The number of nitrogens with one attached hydrogen (secondary N) is 1. The van der Waals surface area contributed by atoms with E-state index in [2.05, 4.69) is 21.2 Å². The third kappa shape index (κ3) is 3.74. The predicted molar refractivity (Wildman–Crippen MR) is 69.3 cm³/mol. The second-order valence-electron chi connectivity index (χ2n) is 3.94. The van der Waals surface area contributed by atoms with Gasteiger partial charge < -0.3 is 11.1 Å². The van der Waals surface area contributed by atoms with Crippen LogP contribution in [0.4, 0.5) is 8.78 Å². The van der Waals surface area contributed by atoms with Gasteiger partial charge in [-0.05, 0) is 18.6 Å². The summed E-state index contributed by atoms with van der Waals surface area (Å²) in [6.45, 7) is 2.18. The minimum absolute atomic E-state index is 0.235. The fourth-order valence-electron chi connectivity index (χ4n) is 1.61. The van der Waals surface area contributed by atoms with Crippen molar-refractivity contribution in [3.8, 4) is 0 Å². The van der Waals surface area contributed by atoms with Crippen molar-refractivity contribution >= 4 is 21.8 Å². The Hall–Kier alpha value is -1.01. The fraction of sp³-hybridized carbons (Fsp3) is 0.417. The molecule has 1 unspecified atom stereocenters. The second kappa shape index (κ2) is 6.80. The highest BCUT2D eigenvalue weighted by molar-refractivity contribution is 9.10. The minimum atomic E-state index is -0.897. The third-order valence-electron chi connectivity index (χ3n) is 2.49. The van der Waals surface area contributed by atoms with Crippen molar-refractivity contribution in [2.45, 2.75) is 25.8 Å². The molecule has 0 heterocycles. The Labute approximate surface area is 113 Å². The molecule has 1 atom stereocenters. The van der Waals surface area contributed by atoms with E-state index in [1.807, 2.05) is 6.92 Å². The minimum Gasteiger partial charge on any atom is -0.348 e. The van der Waals surface area contributed by atoms with Crippen LogP contribution in [-0.2, 0) is 0 Å². The first kappa shape index (κ1) is 15.0. The van der Waals surface area contributed by atoms with Crippen molar-refractivity contribution in [3.63, 3.8) is 0 Å². The molecule has 0 aliphatic carbocycles. The monoisotopic (exact) mass is 320 g/mol. The fourth-order valence-corrected chi connectivity index (χ4v) is 2.02. The molecule has 3 nitrogen and oxygen atoms in total. The number of carbonyl (C=O) groups is 1. The van der Waals surface area contributed by atoms with Crippen LogP contribution in [0, 0.1) is 11.6 Å². The second-order valence-corrected chi connectivity index (χ2v) is 4.85. The maximum atomic E-state index is 13.5. The molecule has 0 radical (unpaired) electrons. The Morgan fingerprint density at radius 2 is 2.00 bits per heavy atom. The van der Waals surface area contributed by atoms with Gasteiger partial charge in [-0.15, -0.1) is 0 Å². The molecule has 6 heteroatoms. The van der Waals surface area contributed by atoms with Gasteiger partial charge in [0.1, 0.15) is 17.2 Å². The number of nitrogens with two attached hydrogens (primary N) is 1. The van der Waals surface area contributed by atoms with Crippen LogP contribution in [0.1, 0.15) is 30.1 Å². The Balaban J connectivity index is 2.90. The van der Waals surface area contributed by atoms with Crippen LogP contribution < -0.4 is 11.1 Å². The molecule has 0 bridgehead atoms. The molecule has 0 fully saturated rings. The number of carbonyl (C=O) groups excluding carboxylic acids is 1. The lowest BCUT2D eigenvalue weighted by atomic mass is 10.1. The molecule has 18 heavy (non-hydrogen) atoms. The van der Waals surface area contributed by atoms with Crippen molar-refractivity contribution < 1.29 is 13.6 Å². The summed E-state index contributed by atoms with van der Waals surface area (Å²) in [5.74, 6) is -2.57. The largest absolute Gasteiger partial charge is 0.348 e. The number of halogens is 3. The van der Waals surface area contributed by atoms with Crippen molar-refractivity contribution in [2.24, 2.45) is 5.73 Å². The van der Waals surface area contributed by atoms with Crippen LogP contribution >= 0.6 is 15.9 Å². The molecule has 100 valence electrons. The zero-order valence-electron chi connectivity index (χ0n) is 9.97. The van der Waals surface area contributed by atoms with E-state index in [4.69, 9.17) is 5.73 Å². The van der Waals surface area contributed by atoms with E-state index in [0.717, 1.165) is 18.6 Å². The summed E-state index contributed by atoms with van der Waals surface area (Å²) in [6.07, 6.45) is 1.50. The first-order valence-corrected chi connectivity index (χ1v) is 6.44. The summed E-state index contributed by atoms with van der Waals surface area (Å²) < 4.78 is 27.3. The molecule has 3 N–H and O–H groups in total. The van der Waals surface area contributed by atoms with Gasteiger partial charge in [-0.1, -0.05) is 29.3 Å². The van der Waals surface area contributed by atoms with Gasteiger partial charge in [0.15, 0.2) is 0 Å². The van der Waals surface area contributed by atoms with Crippen molar-refractivity contribution in [3.05, 3.63) is 33.8 Å². The lowest BCUT2D eigenvalue weighted by molar-refractivity contribution is 0.0927. The van der Waals surface area contributed by atoms with Gasteiger partial charge in [-0.2, -0.15) is 0 Å². The molecule has 1 aromatic carbocycles. The summed E-state index contributed by atoms with van der Waals surface area (Å²) >= 11 is 2.95. The van der Waals surface area contributed by atoms with E-state index in [1.54, 1.807) is 0 Å². The van der Waals surface area contributed by atoms with Crippen molar-refractivity contribution in [1.82, 2.24) is 5.32 Å². The van der Waals surface area contributed by atoms with E-state index < -0.39 is 23.1 Å². The normalized spacial score (nSPS) is 12.3. The van der Waals surface area contributed by atoms with Gasteiger partial charge in [0, 0.05) is 17.1 Å². The molecule has 0 aliphatic rings. The first-order valence-electron chi connectivity index (χ1n) is 5.65. The van der Waals surface area contributed by atoms with Gasteiger partial charge in [-0.25, -0.2) is 8.78 Å². The molecular formula is C12H15BrF2N2O. The summed E-state index contributed by atoms with van der Waals surface area (Å²) in [6, 6.07) is 1.83. The van der Waals surface area contributed by atoms with Crippen LogP contribution in [0.2, 0.25) is 0 Å². The Morgan fingerprint density at radius 1 is 1.44 bits per heavy atom. The average molecular weight is 321 g/mol. The predicted octanol–water partition coefficient (Wildman–Crippen LogP) is 2.58. The van der Waals surface area contributed by atoms with E-state index in [9.17, 15) is 13.6 Å². The average Bonchev–Trinajstić information content (AvgIpc) is 2.26. The summed E-state index contributed by atoms with van der Waals surface area (Å²) in [5.41, 5.74) is 4.90. The summed E-state index contributed by atoms with van der Waals surface area (Å²) in [4.78, 5) is 11.8. The van der Waals surface area contributed by atoms with E-state index in [-0.39, 0.29) is 17.1 Å². The number of rotatable bonds is 5. The molecule has 1 rings (SSSR count).